The third-order valence-corrected chi connectivity index (χ3v) is 2.77. The molecular formula is C15H18O16Zn3. The number of hydrogen-bond acceptors (Lipinski definition) is 16. The van der Waals surface area contributed by atoms with E-state index in [2.05, 4.69) is 0 Å². The van der Waals surface area contributed by atoms with E-state index in [0.29, 0.717) is 0 Å². The Hall–Kier alpha value is -1.47. The average molecular weight is 650 g/mol. The van der Waals surface area contributed by atoms with Crippen molar-refractivity contribution in [1.29, 1.82) is 0 Å². The summed E-state index contributed by atoms with van der Waals surface area (Å²) < 4.78 is 0. The summed E-state index contributed by atoms with van der Waals surface area (Å²) in [6, 6.07) is 0. The second-order valence-corrected chi connectivity index (χ2v) is 5.86. The summed E-state index contributed by atoms with van der Waals surface area (Å²) >= 11 is 0. The van der Waals surface area contributed by atoms with Crippen LogP contribution in [0.5, 0.6) is 0 Å². The minimum atomic E-state index is -2.97. The molecule has 0 saturated carbocycles. The number of carboxylic acids is 6. The van der Waals surface area contributed by atoms with Gasteiger partial charge in [0.15, 0.2) is 0 Å². The summed E-state index contributed by atoms with van der Waals surface area (Å²) in [7, 11) is 0. The molecule has 0 radical (unpaired) electrons. The molecule has 0 rings (SSSR count). The van der Waals surface area contributed by atoms with Gasteiger partial charge in [0.05, 0.1) is 24.6 Å². The number of aliphatic carboxylic acids is 6. The third-order valence-electron chi connectivity index (χ3n) is 2.77. The molecule has 0 bridgehead atoms. The van der Waals surface area contributed by atoms with E-state index in [-0.39, 0.29) is 65.0 Å². The Labute approximate surface area is 229 Å². The summed E-state index contributed by atoms with van der Waals surface area (Å²) in [5.74, 6) is -12.0. The SMILES string of the molecule is CC(O)CO.O=C([O-])CC(O)(CC(=O)[O-])C(=O)[O-].O=C([O-])CC(O)(CC(=O)[O-])C(=O)[O-].[Zn+2].[Zn+2].[Zn+2]. The van der Waals surface area contributed by atoms with Crippen molar-refractivity contribution in [2.45, 2.75) is 49.9 Å². The van der Waals surface area contributed by atoms with Crippen LogP contribution in [0.1, 0.15) is 32.6 Å². The Balaban J connectivity index is -0.0000000897. The maximum Gasteiger partial charge on any atom is 2.00 e. The van der Waals surface area contributed by atoms with Crippen molar-refractivity contribution in [2.75, 3.05) is 6.61 Å². The normalized spacial score (nSPS) is 10.5. The maximum atomic E-state index is 10.1. The van der Waals surface area contributed by atoms with Gasteiger partial charge < -0.3 is 79.8 Å². The molecule has 0 saturated heterocycles. The molecule has 180 valence electrons. The van der Waals surface area contributed by atoms with Gasteiger partial charge in [0, 0.05) is 49.6 Å². The summed E-state index contributed by atoms with van der Waals surface area (Å²) in [5, 5.41) is 93.9. The van der Waals surface area contributed by atoms with Crippen molar-refractivity contribution in [2.24, 2.45) is 0 Å². The van der Waals surface area contributed by atoms with E-state index in [1.807, 2.05) is 0 Å². The van der Waals surface area contributed by atoms with Gasteiger partial charge in [-0.15, -0.1) is 0 Å². The van der Waals surface area contributed by atoms with E-state index in [0.717, 1.165) is 0 Å². The van der Waals surface area contributed by atoms with Gasteiger partial charge in [-0.25, -0.2) is 0 Å². The molecule has 0 amide bonds. The number of rotatable bonds is 11. The van der Waals surface area contributed by atoms with Crippen LogP contribution < -0.4 is 30.6 Å². The second kappa shape index (κ2) is 22.0. The van der Waals surface area contributed by atoms with Crippen molar-refractivity contribution in [3.8, 4) is 0 Å². The third kappa shape index (κ3) is 25.2. The topological polar surface area (TPSA) is 322 Å². The molecule has 0 aliphatic rings. The van der Waals surface area contributed by atoms with Crippen molar-refractivity contribution in [3.05, 3.63) is 0 Å². The minimum Gasteiger partial charge on any atom is -0.550 e. The van der Waals surface area contributed by atoms with Crippen molar-refractivity contribution in [1.82, 2.24) is 0 Å². The van der Waals surface area contributed by atoms with Crippen LogP contribution in [0.2, 0.25) is 0 Å². The first-order valence-corrected chi connectivity index (χ1v) is 7.79. The number of aliphatic hydroxyl groups excluding tert-OH is 2. The van der Waals surface area contributed by atoms with Crippen LogP contribution in [-0.4, -0.2) is 80.2 Å². The quantitative estimate of drug-likeness (QED) is 0.151. The van der Waals surface area contributed by atoms with E-state index >= 15 is 0 Å². The monoisotopic (exact) mass is 646 g/mol. The molecule has 0 aliphatic carbocycles. The van der Waals surface area contributed by atoms with Crippen LogP contribution in [-0.2, 0) is 87.2 Å². The van der Waals surface area contributed by atoms with Crippen LogP contribution in [0, 0.1) is 0 Å². The maximum absolute atomic E-state index is 10.1. The summed E-state index contributed by atoms with van der Waals surface area (Å²) in [6.07, 6.45) is -5.99. The standard InChI is InChI=1S/2C6H8O7.C3H8O2.3Zn/c2*7-3(8)1-6(13,5(11)12)2-4(9)10;1-3(5)2-4;;;/h2*13H,1-2H2,(H,7,8)(H,9,10)(H,11,12);3-5H,2H2,1H3;;;/q;;;3*+2/p-6. The molecule has 1 atom stereocenters. The number of carbonyl (C=O) groups is 6. The zero-order valence-electron chi connectivity index (χ0n) is 17.9. The molecular weight excluding hydrogens is 632 g/mol. The van der Waals surface area contributed by atoms with Crippen LogP contribution in [0.25, 0.3) is 0 Å². The van der Waals surface area contributed by atoms with E-state index in [9.17, 15) is 59.4 Å². The summed E-state index contributed by atoms with van der Waals surface area (Å²) in [5.41, 5.74) is -5.95. The van der Waals surface area contributed by atoms with Crippen LogP contribution in [0.4, 0.5) is 0 Å². The molecule has 16 nitrogen and oxygen atoms in total. The molecule has 4 N–H and O–H groups in total. The van der Waals surface area contributed by atoms with E-state index < -0.39 is 78.8 Å². The fraction of sp³-hybridized carbons (Fsp3) is 0.600. The Morgan fingerprint density at radius 2 is 0.765 bits per heavy atom. The molecule has 19 heteroatoms. The van der Waals surface area contributed by atoms with Crippen LogP contribution in [0.3, 0.4) is 0 Å². The van der Waals surface area contributed by atoms with Gasteiger partial charge in [0.2, 0.25) is 0 Å². The van der Waals surface area contributed by atoms with Crippen molar-refractivity contribution in [3.63, 3.8) is 0 Å². The molecule has 0 spiro atoms. The minimum absolute atomic E-state index is 0. The Kier molecular flexibility index (Phi) is 29.8. The largest absolute Gasteiger partial charge is 2.00 e. The first kappa shape index (κ1) is 45.9. The summed E-state index contributed by atoms with van der Waals surface area (Å²) in [4.78, 5) is 60.0. The van der Waals surface area contributed by atoms with Crippen molar-refractivity contribution < 1.29 is 138 Å². The first-order valence-electron chi connectivity index (χ1n) is 7.79. The number of aliphatic hydroxyl groups is 4. The van der Waals surface area contributed by atoms with Gasteiger partial charge in [0.25, 0.3) is 0 Å². The summed E-state index contributed by atoms with van der Waals surface area (Å²) in [6.45, 7) is 1.39. The number of carboxylic acid groups (broad SMARTS) is 6. The molecule has 0 aromatic rings. The van der Waals surface area contributed by atoms with E-state index in [4.69, 9.17) is 20.4 Å². The number of hydrogen-bond donors (Lipinski definition) is 4. The molecule has 0 fully saturated rings. The molecule has 0 aliphatic heterocycles. The van der Waals surface area contributed by atoms with Gasteiger partial charge in [-0.2, -0.15) is 0 Å². The van der Waals surface area contributed by atoms with Gasteiger partial charge in [-0.3, -0.25) is 0 Å². The predicted molar refractivity (Wildman–Crippen MR) is 77.2 cm³/mol. The molecule has 0 aromatic carbocycles. The van der Waals surface area contributed by atoms with Gasteiger partial charge in [-0.1, -0.05) is 0 Å². The Bertz CT molecular complexity index is 582. The predicted octanol–water partition coefficient (Wildman–Crippen LogP) is -11.2. The smallest absolute Gasteiger partial charge is 0.550 e. The van der Waals surface area contributed by atoms with Crippen LogP contribution in [0.15, 0.2) is 0 Å². The van der Waals surface area contributed by atoms with E-state index in [1.54, 1.807) is 0 Å². The zero-order valence-corrected chi connectivity index (χ0v) is 26.8. The zero-order chi connectivity index (χ0) is 25.6. The molecule has 1 unspecified atom stereocenters. The molecule has 34 heavy (non-hydrogen) atoms. The van der Waals surface area contributed by atoms with Gasteiger partial charge in [-0.05, 0) is 6.92 Å². The molecule has 0 heterocycles. The fourth-order valence-electron chi connectivity index (χ4n) is 1.37. The van der Waals surface area contributed by atoms with Gasteiger partial charge in [0.1, 0.15) is 11.2 Å². The average Bonchev–Trinajstić information content (AvgIpc) is 2.52. The van der Waals surface area contributed by atoms with E-state index in [1.165, 1.54) is 6.92 Å². The number of carbonyl (C=O) groups excluding carboxylic acids is 6. The Morgan fingerprint density at radius 3 is 0.824 bits per heavy atom. The van der Waals surface area contributed by atoms with Crippen LogP contribution >= 0.6 is 0 Å². The second-order valence-electron chi connectivity index (χ2n) is 5.86. The van der Waals surface area contributed by atoms with Crippen molar-refractivity contribution >= 4 is 35.8 Å². The molecule has 0 aromatic heterocycles. The van der Waals surface area contributed by atoms with Gasteiger partial charge >= 0.3 is 58.4 Å². The fourth-order valence-corrected chi connectivity index (χ4v) is 1.37. The first-order chi connectivity index (χ1) is 13.8. The Morgan fingerprint density at radius 1 is 0.618 bits per heavy atom.